The fraction of sp³-hybridized carbons (Fsp3) is 0.143. The number of hydrogen-bond acceptors (Lipinski definition) is 4. The molecule has 3 aromatic heterocycles. The summed E-state index contributed by atoms with van der Waals surface area (Å²) in [7, 11) is 0. The summed E-state index contributed by atoms with van der Waals surface area (Å²) in [5, 5.41) is 5.85. The topological polar surface area (TPSA) is 55.1 Å². The third-order valence-corrected chi connectivity index (χ3v) is 5.12. The Morgan fingerprint density at radius 3 is 2.77 bits per heavy atom. The van der Waals surface area contributed by atoms with E-state index >= 15 is 0 Å². The van der Waals surface area contributed by atoms with Crippen LogP contribution in [-0.4, -0.2) is 10.9 Å². The Morgan fingerprint density at radius 2 is 2.04 bits per heavy atom. The van der Waals surface area contributed by atoms with E-state index in [0.29, 0.717) is 12.1 Å². The number of hydrogen-bond donors (Lipinski definition) is 1. The van der Waals surface area contributed by atoms with Gasteiger partial charge in [-0.1, -0.05) is 24.3 Å². The van der Waals surface area contributed by atoms with E-state index in [-0.39, 0.29) is 5.91 Å². The van der Waals surface area contributed by atoms with Crippen LogP contribution in [0.2, 0.25) is 0 Å². The lowest BCUT2D eigenvalue weighted by molar-refractivity contribution is 0.0949. The zero-order valence-corrected chi connectivity index (χ0v) is 15.4. The molecule has 0 aliphatic heterocycles. The second kappa shape index (κ2) is 6.77. The number of thiophene rings is 1. The molecule has 0 aliphatic rings. The van der Waals surface area contributed by atoms with Gasteiger partial charge in [-0.15, -0.1) is 11.3 Å². The monoisotopic (exact) mass is 362 g/mol. The van der Waals surface area contributed by atoms with Crippen molar-refractivity contribution < 1.29 is 9.21 Å². The first-order chi connectivity index (χ1) is 12.6. The van der Waals surface area contributed by atoms with Gasteiger partial charge in [0.15, 0.2) is 0 Å². The van der Waals surface area contributed by atoms with Gasteiger partial charge in [-0.25, -0.2) is 0 Å². The van der Waals surface area contributed by atoms with Gasteiger partial charge in [-0.05, 0) is 43.5 Å². The van der Waals surface area contributed by atoms with Crippen molar-refractivity contribution in [3.05, 3.63) is 76.7 Å². The van der Waals surface area contributed by atoms with Crippen LogP contribution in [0.4, 0.5) is 0 Å². The van der Waals surface area contributed by atoms with Crippen LogP contribution in [0.3, 0.4) is 0 Å². The molecule has 130 valence electrons. The van der Waals surface area contributed by atoms with Crippen molar-refractivity contribution in [2.45, 2.75) is 20.4 Å². The number of benzene rings is 1. The molecule has 1 aromatic carbocycles. The Bertz CT molecular complexity index is 1080. The van der Waals surface area contributed by atoms with Crippen LogP contribution in [-0.2, 0) is 6.54 Å². The number of nitrogens with one attached hydrogen (secondary N) is 1. The third kappa shape index (κ3) is 3.13. The minimum atomic E-state index is -0.127. The Morgan fingerprint density at radius 1 is 1.15 bits per heavy atom. The van der Waals surface area contributed by atoms with Crippen molar-refractivity contribution in [2.24, 2.45) is 0 Å². The maximum atomic E-state index is 12.8. The SMILES string of the molecule is Cc1cc(C(=O)NCc2ccc(C)o2)c2cccc(-c3cccs3)c2n1. The van der Waals surface area contributed by atoms with Crippen molar-refractivity contribution in [1.29, 1.82) is 0 Å². The van der Waals surface area contributed by atoms with E-state index < -0.39 is 0 Å². The summed E-state index contributed by atoms with van der Waals surface area (Å²) in [6.45, 7) is 4.16. The molecule has 26 heavy (non-hydrogen) atoms. The highest BCUT2D eigenvalue weighted by atomic mass is 32.1. The number of furan rings is 1. The Balaban J connectivity index is 1.73. The lowest BCUT2D eigenvalue weighted by Crippen LogP contribution is -2.23. The number of rotatable bonds is 4. The van der Waals surface area contributed by atoms with E-state index in [0.717, 1.165) is 38.6 Å². The molecule has 1 amide bonds. The number of aromatic nitrogens is 1. The summed E-state index contributed by atoms with van der Waals surface area (Å²) in [4.78, 5) is 18.7. The van der Waals surface area contributed by atoms with E-state index in [1.54, 1.807) is 11.3 Å². The van der Waals surface area contributed by atoms with E-state index in [4.69, 9.17) is 9.40 Å². The molecule has 0 fully saturated rings. The van der Waals surface area contributed by atoms with Crippen molar-refractivity contribution in [2.75, 3.05) is 0 Å². The van der Waals surface area contributed by atoms with E-state index in [9.17, 15) is 4.79 Å². The van der Waals surface area contributed by atoms with Gasteiger partial charge in [0.2, 0.25) is 0 Å². The Labute approximate surface area is 155 Å². The average Bonchev–Trinajstić information content (AvgIpc) is 3.30. The molecule has 0 atom stereocenters. The van der Waals surface area contributed by atoms with Crippen LogP contribution in [0.15, 0.2) is 58.3 Å². The molecule has 1 N–H and O–H groups in total. The normalized spacial score (nSPS) is 11.0. The first-order valence-corrected chi connectivity index (χ1v) is 9.27. The lowest BCUT2D eigenvalue weighted by atomic mass is 10.0. The Hall–Kier alpha value is -2.92. The van der Waals surface area contributed by atoms with Gasteiger partial charge in [0, 0.05) is 21.5 Å². The zero-order valence-electron chi connectivity index (χ0n) is 14.6. The molecule has 0 aliphatic carbocycles. The fourth-order valence-electron chi connectivity index (χ4n) is 3.04. The summed E-state index contributed by atoms with van der Waals surface area (Å²) in [6, 6.07) is 15.7. The highest BCUT2D eigenvalue weighted by Crippen LogP contribution is 2.32. The van der Waals surface area contributed by atoms with Gasteiger partial charge in [0.05, 0.1) is 17.6 Å². The minimum Gasteiger partial charge on any atom is -0.465 e. The molecular formula is C21H18N2O2S. The summed E-state index contributed by atoms with van der Waals surface area (Å²) in [5.74, 6) is 1.45. The molecular weight excluding hydrogens is 344 g/mol. The molecule has 3 heterocycles. The van der Waals surface area contributed by atoms with Crippen LogP contribution in [0.5, 0.6) is 0 Å². The number of carbonyl (C=O) groups excluding carboxylic acids is 1. The quantitative estimate of drug-likeness (QED) is 0.549. The molecule has 0 bridgehead atoms. The average molecular weight is 362 g/mol. The number of aryl methyl sites for hydroxylation is 2. The predicted octanol–water partition coefficient (Wildman–Crippen LogP) is 5.10. The number of fused-ring (bicyclic) bond motifs is 1. The minimum absolute atomic E-state index is 0.127. The molecule has 4 nitrogen and oxygen atoms in total. The molecule has 0 saturated heterocycles. The molecule has 5 heteroatoms. The summed E-state index contributed by atoms with van der Waals surface area (Å²) >= 11 is 1.67. The lowest BCUT2D eigenvalue weighted by Gasteiger charge is -2.11. The molecule has 4 rings (SSSR count). The van der Waals surface area contributed by atoms with Gasteiger partial charge in [-0.3, -0.25) is 9.78 Å². The van der Waals surface area contributed by atoms with Gasteiger partial charge in [0.25, 0.3) is 5.91 Å². The van der Waals surface area contributed by atoms with Gasteiger partial charge in [-0.2, -0.15) is 0 Å². The maximum absolute atomic E-state index is 12.8. The number of pyridine rings is 1. The van der Waals surface area contributed by atoms with Crippen molar-refractivity contribution in [3.63, 3.8) is 0 Å². The van der Waals surface area contributed by atoms with E-state index in [2.05, 4.69) is 11.4 Å². The summed E-state index contributed by atoms with van der Waals surface area (Å²) in [5.41, 5.74) is 3.36. The zero-order chi connectivity index (χ0) is 18.1. The molecule has 0 unspecified atom stereocenters. The highest BCUT2D eigenvalue weighted by molar-refractivity contribution is 7.13. The molecule has 4 aromatic rings. The number of amides is 1. The van der Waals surface area contributed by atoms with Gasteiger partial charge < -0.3 is 9.73 Å². The van der Waals surface area contributed by atoms with Crippen LogP contribution in [0, 0.1) is 13.8 Å². The van der Waals surface area contributed by atoms with E-state index in [1.165, 1.54) is 0 Å². The van der Waals surface area contributed by atoms with Crippen LogP contribution in [0.1, 0.15) is 27.6 Å². The summed E-state index contributed by atoms with van der Waals surface area (Å²) < 4.78 is 5.52. The third-order valence-electron chi connectivity index (χ3n) is 4.22. The number of para-hydroxylation sites is 1. The molecule has 0 saturated carbocycles. The first-order valence-electron chi connectivity index (χ1n) is 8.39. The molecule has 0 spiro atoms. The van der Waals surface area contributed by atoms with Crippen LogP contribution >= 0.6 is 11.3 Å². The number of carbonyl (C=O) groups is 1. The predicted molar refractivity (Wildman–Crippen MR) is 104 cm³/mol. The number of nitrogens with zero attached hydrogens (tertiary/aromatic N) is 1. The molecule has 0 radical (unpaired) electrons. The van der Waals surface area contributed by atoms with Gasteiger partial charge >= 0.3 is 0 Å². The second-order valence-electron chi connectivity index (χ2n) is 6.19. The van der Waals surface area contributed by atoms with Crippen LogP contribution in [0.25, 0.3) is 21.3 Å². The van der Waals surface area contributed by atoms with Crippen molar-refractivity contribution >= 4 is 28.1 Å². The standard InChI is InChI=1S/C21H18N2O2S/c1-13-11-18(21(24)22-12-15-9-8-14(2)25-15)16-5-3-6-17(20(16)23-13)19-7-4-10-26-19/h3-11H,12H2,1-2H3,(H,22,24). The maximum Gasteiger partial charge on any atom is 0.252 e. The first kappa shape index (κ1) is 16.5. The summed E-state index contributed by atoms with van der Waals surface area (Å²) in [6.07, 6.45) is 0. The second-order valence-corrected chi connectivity index (χ2v) is 7.13. The van der Waals surface area contributed by atoms with Crippen molar-refractivity contribution in [1.82, 2.24) is 10.3 Å². The smallest absolute Gasteiger partial charge is 0.252 e. The largest absolute Gasteiger partial charge is 0.465 e. The van der Waals surface area contributed by atoms with Gasteiger partial charge in [0.1, 0.15) is 11.5 Å². The highest BCUT2D eigenvalue weighted by Gasteiger charge is 2.15. The van der Waals surface area contributed by atoms with E-state index in [1.807, 2.05) is 61.7 Å². The Kier molecular flexibility index (Phi) is 4.31. The fourth-order valence-corrected chi connectivity index (χ4v) is 3.79. The van der Waals surface area contributed by atoms with Crippen LogP contribution < -0.4 is 5.32 Å². The van der Waals surface area contributed by atoms with Crippen molar-refractivity contribution in [3.8, 4) is 10.4 Å².